The van der Waals surface area contributed by atoms with Crippen molar-refractivity contribution in [2.75, 3.05) is 11.9 Å². The van der Waals surface area contributed by atoms with Crippen LogP contribution < -0.4 is 5.32 Å². The van der Waals surface area contributed by atoms with Crippen LogP contribution in [0.1, 0.15) is 68.5 Å². The van der Waals surface area contributed by atoms with Crippen LogP contribution in [0.15, 0.2) is 30.9 Å². The number of aromatic nitrogens is 4. The maximum atomic E-state index is 13.0. The van der Waals surface area contributed by atoms with Gasteiger partial charge in [-0.15, -0.1) is 11.3 Å². The van der Waals surface area contributed by atoms with Gasteiger partial charge < -0.3 is 10.4 Å². The first kappa shape index (κ1) is 26.6. The minimum absolute atomic E-state index is 0.0903. The molecule has 1 unspecified atom stereocenters. The first-order valence-corrected chi connectivity index (χ1v) is 11.7. The second-order valence-corrected chi connectivity index (χ2v) is 9.14. The highest BCUT2D eigenvalue weighted by atomic mass is 35.5. The molecule has 0 aromatic carbocycles. The summed E-state index contributed by atoms with van der Waals surface area (Å²) >= 11 is 6.57. The van der Waals surface area contributed by atoms with E-state index >= 15 is 0 Å². The molecule has 0 radical (unpaired) electrons. The highest BCUT2D eigenvalue weighted by Gasteiger charge is 2.34. The smallest absolute Gasteiger partial charge is 0.396 e. The van der Waals surface area contributed by atoms with Crippen LogP contribution in [0.25, 0.3) is 0 Å². The fraction of sp³-hybridized carbons (Fsp3) is 0.364. The van der Waals surface area contributed by atoms with Crippen LogP contribution in [-0.2, 0) is 12.6 Å². The Kier molecular flexibility index (Phi) is 8.87. The van der Waals surface area contributed by atoms with E-state index in [9.17, 15) is 22.8 Å². The number of unbranched alkanes of at least 4 members (excludes halogenated alkanes) is 1. The molecular weight excluding hydrogens is 507 g/mol. The first-order chi connectivity index (χ1) is 16.6. The number of carbonyl (C=O) groups is 2. The van der Waals surface area contributed by atoms with Gasteiger partial charge in [-0.1, -0.05) is 18.5 Å². The molecule has 0 saturated heterocycles. The highest BCUT2D eigenvalue weighted by molar-refractivity contribution is 7.13. The molecule has 8 nitrogen and oxygen atoms in total. The van der Waals surface area contributed by atoms with E-state index in [2.05, 4.69) is 25.3 Å². The summed E-state index contributed by atoms with van der Waals surface area (Å²) in [5.41, 5.74) is -0.125. The fourth-order valence-electron chi connectivity index (χ4n) is 3.10. The molecule has 3 heterocycles. The number of halogens is 4. The molecule has 0 spiro atoms. The number of alkyl halides is 3. The van der Waals surface area contributed by atoms with Gasteiger partial charge in [0.25, 0.3) is 5.91 Å². The van der Waals surface area contributed by atoms with Crippen molar-refractivity contribution in [1.29, 1.82) is 0 Å². The van der Waals surface area contributed by atoms with Gasteiger partial charge in [0.05, 0.1) is 21.8 Å². The molecule has 0 bridgehead atoms. The minimum atomic E-state index is -4.69. The van der Waals surface area contributed by atoms with E-state index in [1.807, 2.05) is 0 Å². The first-order valence-electron chi connectivity index (χ1n) is 10.5. The zero-order valence-electron chi connectivity index (χ0n) is 18.5. The molecule has 35 heavy (non-hydrogen) atoms. The van der Waals surface area contributed by atoms with Crippen LogP contribution in [0.5, 0.6) is 0 Å². The maximum absolute atomic E-state index is 13.0. The lowest BCUT2D eigenvalue weighted by atomic mass is 10.0. The van der Waals surface area contributed by atoms with Crippen LogP contribution in [0.3, 0.4) is 0 Å². The topological polar surface area (TPSA) is 118 Å². The van der Waals surface area contributed by atoms with Gasteiger partial charge in [0.2, 0.25) is 0 Å². The quantitative estimate of drug-likeness (QED) is 0.283. The lowest BCUT2D eigenvalue weighted by Crippen LogP contribution is -2.13. The van der Waals surface area contributed by atoms with Crippen molar-refractivity contribution >= 4 is 40.4 Å². The van der Waals surface area contributed by atoms with Gasteiger partial charge in [-0.2, -0.15) is 13.2 Å². The molecule has 1 amide bonds. The third-order valence-corrected chi connectivity index (χ3v) is 6.44. The molecule has 1 atom stereocenters. The molecule has 3 rings (SSSR count). The summed E-state index contributed by atoms with van der Waals surface area (Å²) in [6.07, 6.45) is 0.840. The van der Waals surface area contributed by atoms with Crippen molar-refractivity contribution in [1.82, 2.24) is 19.9 Å². The Morgan fingerprint density at radius 2 is 1.91 bits per heavy atom. The van der Waals surface area contributed by atoms with Crippen molar-refractivity contribution in [3.8, 4) is 0 Å². The number of Topliss-reactive ketones (excluding diaryl/α,β-unsaturated/α-hetero) is 1. The number of aliphatic hydroxyl groups excluding tert-OH is 1. The van der Waals surface area contributed by atoms with Crippen molar-refractivity contribution in [3.05, 3.63) is 62.7 Å². The molecule has 2 N–H and O–H groups in total. The van der Waals surface area contributed by atoms with Crippen molar-refractivity contribution in [2.45, 2.75) is 44.7 Å². The maximum Gasteiger partial charge on any atom is 0.418 e. The Hall–Kier alpha value is -2.96. The third kappa shape index (κ3) is 7.26. The standard InChI is InChI=1S/C22H21ClF3N5O3S/c1-12(6-17(33)16-7-13(29-11-30-16)4-2-3-5-32)21-28-10-18(35-21)20(34)31-19-8-14(22(24,25)26)15(23)9-27-19/h7-12,32H,2-6H2,1H3,(H,27,31,34). The highest BCUT2D eigenvalue weighted by Crippen LogP contribution is 2.35. The minimum Gasteiger partial charge on any atom is -0.396 e. The predicted molar refractivity (Wildman–Crippen MR) is 124 cm³/mol. The van der Waals surface area contributed by atoms with Gasteiger partial charge in [-0.05, 0) is 31.4 Å². The Morgan fingerprint density at radius 3 is 2.63 bits per heavy atom. The number of aryl methyl sites for hydroxylation is 1. The monoisotopic (exact) mass is 527 g/mol. The van der Waals surface area contributed by atoms with E-state index in [4.69, 9.17) is 16.7 Å². The second-order valence-electron chi connectivity index (χ2n) is 7.67. The molecule has 13 heteroatoms. The van der Waals surface area contributed by atoms with E-state index in [0.717, 1.165) is 24.0 Å². The molecule has 0 aliphatic rings. The van der Waals surface area contributed by atoms with E-state index < -0.39 is 22.7 Å². The van der Waals surface area contributed by atoms with Crippen molar-refractivity contribution in [2.24, 2.45) is 0 Å². The number of carbonyl (C=O) groups excluding carboxylic acids is 2. The summed E-state index contributed by atoms with van der Waals surface area (Å²) in [4.78, 5) is 41.4. The van der Waals surface area contributed by atoms with E-state index in [1.54, 1.807) is 13.0 Å². The molecular formula is C22H21ClF3N5O3S. The summed E-state index contributed by atoms with van der Waals surface area (Å²) in [7, 11) is 0. The number of hydrogen-bond acceptors (Lipinski definition) is 8. The average Bonchev–Trinajstić information content (AvgIpc) is 3.31. The van der Waals surface area contributed by atoms with Gasteiger partial charge in [0.15, 0.2) is 5.78 Å². The number of hydrogen-bond donors (Lipinski definition) is 2. The lowest BCUT2D eigenvalue weighted by Gasteiger charge is -2.10. The van der Waals surface area contributed by atoms with Gasteiger partial charge >= 0.3 is 6.18 Å². The normalized spacial score (nSPS) is 12.4. The van der Waals surface area contributed by atoms with Crippen LogP contribution in [0.4, 0.5) is 19.0 Å². The van der Waals surface area contributed by atoms with Crippen LogP contribution in [-0.4, -0.2) is 43.3 Å². The fourth-order valence-corrected chi connectivity index (χ4v) is 4.17. The largest absolute Gasteiger partial charge is 0.418 e. The van der Waals surface area contributed by atoms with E-state index in [0.29, 0.717) is 29.6 Å². The van der Waals surface area contributed by atoms with Crippen LogP contribution in [0, 0.1) is 0 Å². The molecule has 3 aromatic heterocycles. The number of thiazole rings is 1. The third-order valence-electron chi connectivity index (χ3n) is 4.91. The van der Waals surface area contributed by atoms with E-state index in [1.165, 1.54) is 12.5 Å². The summed E-state index contributed by atoms with van der Waals surface area (Å²) in [5.74, 6) is -1.52. The van der Waals surface area contributed by atoms with Crippen LogP contribution >= 0.6 is 22.9 Å². The molecule has 0 aliphatic heterocycles. The van der Waals surface area contributed by atoms with E-state index in [-0.39, 0.29) is 41.1 Å². The molecule has 186 valence electrons. The van der Waals surface area contributed by atoms with Gasteiger partial charge in [-0.3, -0.25) is 9.59 Å². The molecule has 0 saturated carbocycles. The van der Waals surface area contributed by atoms with Gasteiger partial charge in [0.1, 0.15) is 22.7 Å². The summed E-state index contributed by atoms with van der Waals surface area (Å²) < 4.78 is 39.1. The number of nitrogens with zero attached hydrogens (tertiary/aromatic N) is 4. The van der Waals surface area contributed by atoms with Gasteiger partial charge in [-0.25, -0.2) is 19.9 Å². The number of aliphatic hydroxyl groups is 1. The number of anilines is 1. The van der Waals surface area contributed by atoms with Crippen molar-refractivity contribution < 1.29 is 27.9 Å². The zero-order valence-corrected chi connectivity index (χ0v) is 20.0. The summed E-state index contributed by atoms with van der Waals surface area (Å²) in [5, 5.41) is 11.1. The Balaban J connectivity index is 1.63. The lowest BCUT2D eigenvalue weighted by molar-refractivity contribution is -0.137. The Labute approximate surface area is 207 Å². The molecule has 3 aromatic rings. The van der Waals surface area contributed by atoms with Crippen molar-refractivity contribution in [3.63, 3.8) is 0 Å². The summed E-state index contributed by atoms with van der Waals surface area (Å²) in [6.45, 7) is 1.87. The number of amides is 1. The molecule has 0 aliphatic carbocycles. The predicted octanol–water partition coefficient (Wildman–Crippen LogP) is 4.94. The van der Waals surface area contributed by atoms with Gasteiger partial charge in [0, 0.05) is 30.8 Å². The number of pyridine rings is 1. The second kappa shape index (κ2) is 11.6. The zero-order chi connectivity index (χ0) is 25.6. The SMILES string of the molecule is CC(CC(=O)c1cc(CCCCO)ncn1)c1ncc(C(=O)Nc2cc(C(F)(F)F)c(Cl)cn2)s1. The summed E-state index contributed by atoms with van der Waals surface area (Å²) in [6, 6.07) is 2.28. The number of rotatable bonds is 10. The van der Waals surface area contributed by atoms with Crippen LogP contribution in [0.2, 0.25) is 5.02 Å². The average molecular weight is 528 g/mol. The Morgan fingerprint density at radius 1 is 1.14 bits per heavy atom. The number of nitrogens with one attached hydrogen (secondary N) is 1. The Bertz CT molecular complexity index is 1210. The molecule has 0 fully saturated rings. The number of ketones is 1.